The first-order valence-electron chi connectivity index (χ1n) is 3.58. The maximum Gasteiger partial charge on any atom is 0.119 e. The number of rotatable bonds is 4. The normalized spacial score (nSPS) is 9.55. The van der Waals surface area contributed by atoms with Crippen LogP contribution in [0.3, 0.4) is 0 Å². The Morgan fingerprint density at radius 2 is 2.09 bits per heavy atom. The highest BCUT2D eigenvalue weighted by atomic mass is 19.1. The molecule has 11 heavy (non-hydrogen) atoms. The zero-order valence-electron chi connectivity index (χ0n) is 6.22. The zero-order chi connectivity index (χ0) is 7.94. The van der Waals surface area contributed by atoms with Crippen molar-refractivity contribution in [2.75, 3.05) is 13.3 Å². The average Bonchev–Trinajstić information content (AvgIpc) is 2.07. The van der Waals surface area contributed by atoms with Gasteiger partial charge in [-0.15, -0.1) is 0 Å². The van der Waals surface area contributed by atoms with E-state index < -0.39 is 0 Å². The van der Waals surface area contributed by atoms with E-state index in [0.29, 0.717) is 13.0 Å². The summed E-state index contributed by atoms with van der Waals surface area (Å²) in [4.78, 5) is 0. The van der Waals surface area contributed by atoms with E-state index in [0.717, 1.165) is 5.75 Å². The fourth-order valence-electron chi connectivity index (χ4n) is 0.712. The summed E-state index contributed by atoms with van der Waals surface area (Å²) < 4.78 is 16.8. The topological polar surface area (TPSA) is 9.23 Å². The van der Waals surface area contributed by atoms with Crippen molar-refractivity contribution in [3.8, 4) is 5.75 Å². The molecule has 0 spiro atoms. The highest BCUT2D eigenvalue weighted by molar-refractivity contribution is 5.20. The Morgan fingerprint density at radius 1 is 1.36 bits per heavy atom. The Balaban J connectivity index is 2.28. The smallest absolute Gasteiger partial charge is 0.119 e. The SMILES string of the molecule is FCCCOc1cc[c]cc1. The second-order valence-corrected chi connectivity index (χ2v) is 2.13. The molecule has 1 aromatic rings. The molecule has 0 saturated heterocycles. The molecule has 0 aliphatic carbocycles. The first kappa shape index (κ1) is 8.05. The summed E-state index contributed by atoms with van der Waals surface area (Å²) in [6.45, 7) is 0.124. The Labute approximate surface area is 65.8 Å². The van der Waals surface area contributed by atoms with Crippen molar-refractivity contribution < 1.29 is 9.13 Å². The third-order valence-electron chi connectivity index (χ3n) is 1.23. The Hall–Kier alpha value is -1.05. The number of hydrogen-bond donors (Lipinski definition) is 0. The Kier molecular flexibility index (Phi) is 3.45. The molecule has 1 aromatic carbocycles. The van der Waals surface area contributed by atoms with Crippen LogP contribution in [-0.4, -0.2) is 13.3 Å². The largest absolute Gasteiger partial charge is 0.493 e. The lowest BCUT2D eigenvalue weighted by atomic mass is 10.3. The molecule has 0 unspecified atom stereocenters. The second-order valence-electron chi connectivity index (χ2n) is 2.13. The first-order valence-corrected chi connectivity index (χ1v) is 3.58. The molecule has 2 heteroatoms. The van der Waals surface area contributed by atoms with Crippen molar-refractivity contribution in [2.45, 2.75) is 6.42 Å². The molecule has 0 atom stereocenters. The van der Waals surface area contributed by atoms with E-state index in [9.17, 15) is 4.39 Å². The Bertz CT molecular complexity index is 186. The predicted octanol–water partition coefficient (Wildman–Crippen LogP) is 2.23. The molecule has 1 nitrogen and oxygen atoms in total. The summed E-state index contributed by atoms with van der Waals surface area (Å²) in [7, 11) is 0. The summed E-state index contributed by atoms with van der Waals surface area (Å²) in [5, 5.41) is 0. The fraction of sp³-hybridized carbons (Fsp3) is 0.333. The van der Waals surface area contributed by atoms with Gasteiger partial charge in [-0.1, -0.05) is 12.1 Å². The van der Waals surface area contributed by atoms with E-state index in [1.54, 1.807) is 24.3 Å². The van der Waals surface area contributed by atoms with Gasteiger partial charge in [0.15, 0.2) is 0 Å². The molecule has 0 aliphatic rings. The van der Waals surface area contributed by atoms with Crippen LogP contribution in [0.25, 0.3) is 0 Å². The summed E-state index contributed by atoms with van der Waals surface area (Å²) in [5.74, 6) is 0.775. The minimum Gasteiger partial charge on any atom is -0.493 e. The third kappa shape index (κ3) is 3.03. The molecule has 0 heterocycles. The van der Waals surface area contributed by atoms with Crippen LogP contribution in [-0.2, 0) is 0 Å². The Morgan fingerprint density at radius 3 is 2.73 bits per heavy atom. The lowest BCUT2D eigenvalue weighted by Gasteiger charge is -2.02. The van der Waals surface area contributed by atoms with E-state index >= 15 is 0 Å². The van der Waals surface area contributed by atoms with Gasteiger partial charge < -0.3 is 4.74 Å². The lowest BCUT2D eigenvalue weighted by molar-refractivity contribution is 0.289. The molecule has 0 amide bonds. The molecule has 0 N–H and O–H groups in total. The van der Waals surface area contributed by atoms with E-state index in [4.69, 9.17) is 4.74 Å². The van der Waals surface area contributed by atoms with Gasteiger partial charge in [0, 0.05) is 6.42 Å². The summed E-state index contributed by atoms with van der Waals surface area (Å²) in [6, 6.07) is 10.0. The van der Waals surface area contributed by atoms with Crippen LogP contribution >= 0.6 is 0 Å². The minimum atomic E-state index is -0.320. The van der Waals surface area contributed by atoms with E-state index in [2.05, 4.69) is 6.07 Å². The quantitative estimate of drug-likeness (QED) is 0.603. The molecule has 59 valence electrons. The molecule has 1 radical (unpaired) electrons. The van der Waals surface area contributed by atoms with Crippen molar-refractivity contribution in [1.82, 2.24) is 0 Å². The van der Waals surface area contributed by atoms with Crippen LogP contribution in [0.15, 0.2) is 24.3 Å². The van der Waals surface area contributed by atoms with Gasteiger partial charge in [0.25, 0.3) is 0 Å². The molecule has 0 bridgehead atoms. The molecule has 0 fully saturated rings. The maximum absolute atomic E-state index is 11.6. The van der Waals surface area contributed by atoms with Crippen molar-refractivity contribution in [2.24, 2.45) is 0 Å². The lowest BCUT2D eigenvalue weighted by Crippen LogP contribution is -1.97. The number of ether oxygens (including phenoxy) is 1. The molecule has 0 saturated carbocycles. The number of alkyl halides is 1. The van der Waals surface area contributed by atoms with E-state index in [1.165, 1.54) is 0 Å². The number of hydrogen-bond acceptors (Lipinski definition) is 1. The maximum atomic E-state index is 11.6. The van der Waals surface area contributed by atoms with Gasteiger partial charge in [0.2, 0.25) is 0 Å². The second kappa shape index (κ2) is 4.72. The highest BCUT2D eigenvalue weighted by Crippen LogP contribution is 2.07. The van der Waals surface area contributed by atoms with Crippen molar-refractivity contribution in [1.29, 1.82) is 0 Å². The molecular weight excluding hydrogens is 143 g/mol. The molecule has 1 rings (SSSR count). The van der Waals surface area contributed by atoms with Gasteiger partial charge >= 0.3 is 0 Å². The third-order valence-corrected chi connectivity index (χ3v) is 1.23. The van der Waals surface area contributed by atoms with E-state index in [1.807, 2.05) is 0 Å². The fourth-order valence-corrected chi connectivity index (χ4v) is 0.712. The minimum absolute atomic E-state index is 0.320. The van der Waals surface area contributed by atoms with Gasteiger partial charge in [-0.25, -0.2) is 0 Å². The van der Waals surface area contributed by atoms with Crippen LogP contribution in [0.2, 0.25) is 0 Å². The van der Waals surface area contributed by atoms with Gasteiger partial charge in [-0.05, 0) is 18.2 Å². The summed E-state index contributed by atoms with van der Waals surface area (Å²) in [5.41, 5.74) is 0. The zero-order valence-corrected chi connectivity index (χ0v) is 6.22. The van der Waals surface area contributed by atoms with Crippen molar-refractivity contribution in [3.05, 3.63) is 30.3 Å². The number of benzene rings is 1. The van der Waals surface area contributed by atoms with Crippen LogP contribution < -0.4 is 4.74 Å². The van der Waals surface area contributed by atoms with Crippen LogP contribution in [0.5, 0.6) is 5.75 Å². The standard InChI is InChI=1S/C9H10FO/c10-7-4-8-11-9-5-2-1-3-6-9/h2-3,5-6H,4,7-8H2. The molecule has 0 aliphatic heterocycles. The molecule has 0 aromatic heterocycles. The highest BCUT2D eigenvalue weighted by Gasteiger charge is 1.89. The van der Waals surface area contributed by atoms with Crippen LogP contribution in [0.4, 0.5) is 4.39 Å². The molecular formula is C9H10FO. The summed E-state index contributed by atoms with van der Waals surface area (Å²) in [6.07, 6.45) is 0.457. The monoisotopic (exact) mass is 153 g/mol. The van der Waals surface area contributed by atoms with Gasteiger partial charge in [0.05, 0.1) is 13.3 Å². The van der Waals surface area contributed by atoms with Crippen LogP contribution in [0, 0.1) is 6.07 Å². The van der Waals surface area contributed by atoms with Gasteiger partial charge in [-0.3, -0.25) is 4.39 Å². The van der Waals surface area contributed by atoms with Crippen LogP contribution in [0.1, 0.15) is 6.42 Å². The average molecular weight is 153 g/mol. The first-order chi connectivity index (χ1) is 5.43. The van der Waals surface area contributed by atoms with Gasteiger partial charge in [0.1, 0.15) is 5.75 Å². The van der Waals surface area contributed by atoms with Crippen molar-refractivity contribution in [3.63, 3.8) is 0 Å². The van der Waals surface area contributed by atoms with Gasteiger partial charge in [-0.2, -0.15) is 0 Å². The van der Waals surface area contributed by atoms with Crippen molar-refractivity contribution >= 4 is 0 Å². The predicted molar refractivity (Wildman–Crippen MR) is 41.4 cm³/mol. The summed E-state index contributed by atoms with van der Waals surface area (Å²) >= 11 is 0. The van der Waals surface area contributed by atoms with E-state index in [-0.39, 0.29) is 6.67 Å². The number of halogens is 1.